The Bertz CT molecular complexity index is 776. The highest BCUT2D eigenvalue weighted by atomic mass is 35.5. The standard InChI is InChI=1S/C20H22ClNO5/c1-13(2)27-18(19(23)24)10-14-6-8-15(9-7-14)12-26-20(25)22-17-5-3-4-16(21)11-17/h3-9,11,13,18H,10,12H2,1-2H3,(H,22,25)(H,23,24). The van der Waals surface area contributed by atoms with Crippen molar-refractivity contribution in [3.05, 3.63) is 64.7 Å². The number of ether oxygens (including phenoxy) is 2. The summed E-state index contributed by atoms with van der Waals surface area (Å²) in [4.78, 5) is 23.1. The van der Waals surface area contributed by atoms with Crippen molar-refractivity contribution in [1.82, 2.24) is 0 Å². The smallest absolute Gasteiger partial charge is 0.411 e. The van der Waals surface area contributed by atoms with Gasteiger partial charge in [-0.3, -0.25) is 5.32 Å². The molecule has 2 N–H and O–H groups in total. The van der Waals surface area contributed by atoms with Crippen molar-refractivity contribution in [1.29, 1.82) is 0 Å². The lowest BCUT2D eigenvalue weighted by atomic mass is 10.1. The lowest BCUT2D eigenvalue weighted by Gasteiger charge is -2.16. The molecule has 0 spiro atoms. The molecule has 2 aromatic rings. The van der Waals surface area contributed by atoms with Crippen LogP contribution in [-0.4, -0.2) is 29.4 Å². The van der Waals surface area contributed by atoms with Gasteiger partial charge in [0.1, 0.15) is 6.61 Å². The third-order valence-corrected chi connectivity index (χ3v) is 3.83. The lowest BCUT2D eigenvalue weighted by molar-refractivity contribution is -0.153. The molecular formula is C20H22ClNO5. The van der Waals surface area contributed by atoms with Gasteiger partial charge in [-0.1, -0.05) is 41.9 Å². The molecule has 2 aromatic carbocycles. The first-order valence-corrected chi connectivity index (χ1v) is 8.86. The number of hydrogen-bond donors (Lipinski definition) is 2. The molecule has 1 atom stereocenters. The first-order chi connectivity index (χ1) is 12.8. The molecule has 0 aromatic heterocycles. The van der Waals surface area contributed by atoms with Crippen molar-refractivity contribution in [3.8, 4) is 0 Å². The highest BCUT2D eigenvalue weighted by molar-refractivity contribution is 6.30. The number of amides is 1. The van der Waals surface area contributed by atoms with Crippen LogP contribution in [0.2, 0.25) is 5.02 Å². The fourth-order valence-corrected chi connectivity index (χ4v) is 2.57. The summed E-state index contributed by atoms with van der Waals surface area (Å²) in [7, 11) is 0. The Morgan fingerprint density at radius 2 is 1.78 bits per heavy atom. The number of aliphatic carboxylic acids is 1. The second-order valence-electron chi connectivity index (χ2n) is 6.24. The number of nitrogens with one attached hydrogen (secondary N) is 1. The molecule has 0 heterocycles. The first kappa shape index (κ1) is 20.7. The summed E-state index contributed by atoms with van der Waals surface area (Å²) in [6.45, 7) is 3.69. The maximum absolute atomic E-state index is 11.8. The van der Waals surface area contributed by atoms with Crippen molar-refractivity contribution >= 4 is 29.4 Å². The number of anilines is 1. The van der Waals surface area contributed by atoms with E-state index in [9.17, 15) is 14.7 Å². The van der Waals surface area contributed by atoms with Crippen LogP contribution in [0.15, 0.2) is 48.5 Å². The Kier molecular flexibility index (Phi) is 7.64. The second kappa shape index (κ2) is 9.94. The number of rotatable bonds is 8. The largest absolute Gasteiger partial charge is 0.479 e. The minimum Gasteiger partial charge on any atom is -0.479 e. The molecule has 27 heavy (non-hydrogen) atoms. The van der Waals surface area contributed by atoms with E-state index in [0.29, 0.717) is 10.7 Å². The van der Waals surface area contributed by atoms with Crippen molar-refractivity contribution in [3.63, 3.8) is 0 Å². The van der Waals surface area contributed by atoms with E-state index in [0.717, 1.165) is 11.1 Å². The molecule has 7 heteroatoms. The van der Waals surface area contributed by atoms with Gasteiger partial charge in [-0.05, 0) is 43.2 Å². The van der Waals surface area contributed by atoms with Gasteiger partial charge < -0.3 is 14.6 Å². The summed E-state index contributed by atoms with van der Waals surface area (Å²) in [5, 5.41) is 12.3. The Morgan fingerprint density at radius 3 is 2.37 bits per heavy atom. The van der Waals surface area contributed by atoms with Gasteiger partial charge in [-0.2, -0.15) is 0 Å². The van der Waals surface area contributed by atoms with E-state index in [1.54, 1.807) is 62.4 Å². The summed E-state index contributed by atoms with van der Waals surface area (Å²) in [6, 6.07) is 13.9. The van der Waals surface area contributed by atoms with Crippen LogP contribution in [0.25, 0.3) is 0 Å². The number of hydrogen-bond acceptors (Lipinski definition) is 4. The normalized spacial score (nSPS) is 11.9. The zero-order chi connectivity index (χ0) is 19.8. The highest BCUT2D eigenvalue weighted by Crippen LogP contribution is 2.16. The highest BCUT2D eigenvalue weighted by Gasteiger charge is 2.20. The van der Waals surface area contributed by atoms with Gasteiger partial charge in [0.2, 0.25) is 0 Å². The van der Waals surface area contributed by atoms with E-state index in [1.807, 2.05) is 0 Å². The van der Waals surface area contributed by atoms with E-state index in [4.69, 9.17) is 21.1 Å². The molecule has 1 amide bonds. The van der Waals surface area contributed by atoms with Crippen LogP contribution in [0, 0.1) is 0 Å². The van der Waals surface area contributed by atoms with E-state index >= 15 is 0 Å². The Morgan fingerprint density at radius 1 is 1.11 bits per heavy atom. The summed E-state index contributed by atoms with van der Waals surface area (Å²) in [6.07, 6.45) is -1.38. The molecule has 0 fully saturated rings. The van der Waals surface area contributed by atoms with Gasteiger partial charge in [-0.15, -0.1) is 0 Å². The molecule has 0 saturated heterocycles. The Hall–Kier alpha value is -2.57. The molecule has 1 unspecified atom stereocenters. The minimum atomic E-state index is -0.992. The molecule has 0 saturated carbocycles. The Labute approximate surface area is 163 Å². The van der Waals surface area contributed by atoms with Crippen molar-refractivity contribution < 1.29 is 24.2 Å². The predicted octanol–water partition coefficient (Wildman–Crippen LogP) is 4.51. The SMILES string of the molecule is CC(C)OC(Cc1ccc(COC(=O)Nc2cccc(Cl)c2)cc1)C(=O)O. The third-order valence-electron chi connectivity index (χ3n) is 3.60. The summed E-state index contributed by atoms with van der Waals surface area (Å²) >= 11 is 5.86. The molecular weight excluding hydrogens is 370 g/mol. The van der Waals surface area contributed by atoms with Crippen LogP contribution in [0.4, 0.5) is 10.5 Å². The fourth-order valence-electron chi connectivity index (χ4n) is 2.38. The summed E-state index contributed by atoms with van der Waals surface area (Å²) in [5.74, 6) is -0.992. The predicted molar refractivity (Wildman–Crippen MR) is 103 cm³/mol. The number of carboxylic acid groups (broad SMARTS) is 1. The van der Waals surface area contributed by atoms with Crippen LogP contribution in [-0.2, 0) is 27.3 Å². The third kappa shape index (κ3) is 7.29. The molecule has 2 rings (SSSR count). The molecule has 0 bridgehead atoms. The van der Waals surface area contributed by atoms with Gasteiger partial charge in [0.25, 0.3) is 0 Å². The molecule has 0 aliphatic heterocycles. The molecule has 0 aliphatic rings. The quantitative estimate of drug-likeness (QED) is 0.691. The van der Waals surface area contributed by atoms with Crippen molar-refractivity contribution in [2.24, 2.45) is 0 Å². The summed E-state index contributed by atoms with van der Waals surface area (Å²) in [5.41, 5.74) is 2.17. The van der Waals surface area contributed by atoms with E-state index in [2.05, 4.69) is 5.32 Å². The Balaban J connectivity index is 1.86. The van der Waals surface area contributed by atoms with Crippen LogP contribution in [0.1, 0.15) is 25.0 Å². The zero-order valence-electron chi connectivity index (χ0n) is 15.1. The van der Waals surface area contributed by atoms with Gasteiger partial charge in [0.05, 0.1) is 6.10 Å². The van der Waals surface area contributed by atoms with Crippen LogP contribution < -0.4 is 5.32 Å². The number of carbonyl (C=O) groups excluding carboxylic acids is 1. The van der Waals surface area contributed by atoms with Crippen LogP contribution >= 0.6 is 11.6 Å². The molecule has 144 valence electrons. The van der Waals surface area contributed by atoms with Crippen molar-refractivity contribution in [2.45, 2.75) is 39.1 Å². The topological polar surface area (TPSA) is 84.9 Å². The van der Waals surface area contributed by atoms with E-state index in [1.165, 1.54) is 0 Å². The van der Waals surface area contributed by atoms with Crippen LogP contribution in [0.5, 0.6) is 0 Å². The first-order valence-electron chi connectivity index (χ1n) is 8.49. The molecule has 0 radical (unpaired) electrons. The number of halogens is 1. The average Bonchev–Trinajstić information content (AvgIpc) is 2.60. The van der Waals surface area contributed by atoms with Crippen LogP contribution in [0.3, 0.4) is 0 Å². The van der Waals surface area contributed by atoms with Gasteiger partial charge >= 0.3 is 12.1 Å². The lowest BCUT2D eigenvalue weighted by Crippen LogP contribution is -2.29. The molecule has 0 aliphatic carbocycles. The monoisotopic (exact) mass is 391 g/mol. The van der Waals surface area contributed by atoms with Crippen molar-refractivity contribution in [2.75, 3.05) is 5.32 Å². The fraction of sp³-hybridized carbons (Fsp3) is 0.300. The maximum atomic E-state index is 11.8. The second-order valence-corrected chi connectivity index (χ2v) is 6.68. The van der Waals surface area contributed by atoms with E-state index in [-0.39, 0.29) is 19.1 Å². The number of carboxylic acids is 1. The van der Waals surface area contributed by atoms with E-state index < -0.39 is 18.2 Å². The minimum absolute atomic E-state index is 0.0948. The molecule has 6 nitrogen and oxygen atoms in total. The number of benzene rings is 2. The average molecular weight is 392 g/mol. The zero-order valence-corrected chi connectivity index (χ0v) is 15.9. The maximum Gasteiger partial charge on any atom is 0.411 e. The van der Waals surface area contributed by atoms with Gasteiger partial charge in [0.15, 0.2) is 6.10 Å². The van der Waals surface area contributed by atoms with Gasteiger partial charge in [-0.25, -0.2) is 9.59 Å². The number of carbonyl (C=O) groups is 2. The van der Waals surface area contributed by atoms with Gasteiger partial charge in [0, 0.05) is 17.1 Å². The summed E-state index contributed by atoms with van der Waals surface area (Å²) < 4.78 is 10.6.